The summed E-state index contributed by atoms with van der Waals surface area (Å²) in [5.41, 5.74) is 0.533. The van der Waals surface area contributed by atoms with Gasteiger partial charge in [0.15, 0.2) is 4.34 Å². The van der Waals surface area contributed by atoms with Crippen LogP contribution in [-0.2, 0) is 4.79 Å². The van der Waals surface area contributed by atoms with Crippen molar-refractivity contribution in [1.29, 1.82) is 0 Å². The van der Waals surface area contributed by atoms with E-state index in [1.54, 1.807) is 6.08 Å². The van der Waals surface area contributed by atoms with Crippen molar-refractivity contribution in [3.63, 3.8) is 0 Å². The molecule has 0 atom stereocenters. The molecule has 2 rings (SSSR count). The van der Waals surface area contributed by atoms with Crippen LogP contribution in [0.2, 0.25) is 0 Å². The SMILES string of the molecule is C=CCNC(=O)CSc1nnc(Nc2ccc(OC(F)(F)F)cc2)s1. The first-order valence-electron chi connectivity index (χ1n) is 6.82. The second-order valence-corrected chi connectivity index (χ2v) is 6.65. The zero-order valence-electron chi connectivity index (χ0n) is 12.7. The maximum Gasteiger partial charge on any atom is 0.573 e. The van der Waals surface area contributed by atoms with Gasteiger partial charge in [-0.2, -0.15) is 0 Å². The Morgan fingerprint density at radius 2 is 2.04 bits per heavy atom. The van der Waals surface area contributed by atoms with Gasteiger partial charge in [-0.1, -0.05) is 29.2 Å². The summed E-state index contributed by atoms with van der Waals surface area (Å²) in [6.45, 7) is 3.90. The van der Waals surface area contributed by atoms with Gasteiger partial charge < -0.3 is 15.4 Å². The summed E-state index contributed by atoms with van der Waals surface area (Å²) in [4.78, 5) is 11.5. The van der Waals surface area contributed by atoms with Crippen LogP contribution in [0.3, 0.4) is 0 Å². The Kier molecular flexibility index (Phi) is 6.65. The van der Waals surface area contributed by atoms with E-state index in [1.807, 2.05) is 0 Å². The molecule has 1 amide bonds. The Labute approximate surface area is 149 Å². The Bertz CT molecular complexity index is 720. The second-order valence-electron chi connectivity index (χ2n) is 4.45. The van der Waals surface area contributed by atoms with E-state index >= 15 is 0 Å². The quantitative estimate of drug-likeness (QED) is 0.530. The van der Waals surface area contributed by atoms with Crippen molar-refractivity contribution in [1.82, 2.24) is 15.5 Å². The van der Waals surface area contributed by atoms with Crippen LogP contribution in [0.5, 0.6) is 5.75 Å². The number of nitrogens with one attached hydrogen (secondary N) is 2. The highest BCUT2D eigenvalue weighted by molar-refractivity contribution is 8.01. The first-order chi connectivity index (χ1) is 11.9. The summed E-state index contributed by atoms with van der Waals surface area (Å²) < 4.78 is 40.7. The molecule has 0 spiro atoms. The molecule has 0 fully saturated rings. The molecule has 0 saturated carbocycles. The maximum absolute atomic E-state index is 12.1. The topological polar surface area (TPSA) is 76.1 Å². The number of rotatable bonds is 8. The molecule has 2 aromatic rings. The van der Waals surface area contributed by atoms with Crippen molar-refractivity contribution < 1.29 is 22.7 Å². The van der Waals surface area contributed by atoms with Gasteiger partial charge in [-0.3, -0.25) is 4.79 Å². The third-order valence-electron chi connectivity index (χ3n) is 2.52. The van der Waals surface area contributed by atoms with Crippen molar-refractivity contribution in [3.05, 3.63) is 36.9 Å². The molecule has 0 aliphatic heterocycles. The highest BCUT2D eigenvalue weighted by Gasteiger charge is 2.30. The van der Waals surface area contributed by atoms with Gasteiger partial charge in [0, 0.05) is 12.2 Å². The molecule has 0 saturated heterocycles. The minimum Gasteiger partial charge on any atom is -0.406 e. The fraction of sp³-hybridized carbons (Fsp3) is 0.214. The van der Waals surface area contributed by atoms with Gasteiger partial charge >= 0.3 is 6.36 Å². The van der Waals surface area contributed by atoms with Crippen molar-refractivity contribution >= 4 is 39.8 Å². The van der Waals surface area contributed by atoms with Gasteiger partial charge in [0.25, 0.3) is 0 Å². The number of carbonyl (C=O) groups is 1. The Balaban J connectivity index is 1.86. The fourth-order valence-electron chi connectivity index (χ4n) is 1.55. The molecule has 25 heavy (non-hydrogen) atoms. The van der Waals surface area contributed by atoms with E-state index < -0.39 is 6.36 Å². The zero-order chi connectivity index (χ0) is 18.3. The highest BCUT2D eigenvalue weighted by Crippen LogP contribution is 2.29. The van der Waals surface area contributed by atoms with Crippen LogP contribution in [-0.4, -0.2) is 34.8 Å². The van der Waals surface area contributed by atoms with Gasteiger partial charge in [-0.05, 0) is 24.3 Å². The van der Waals surface area contributed by atoms with Crippen LogP contribution in [0.1, 0.15) is 0 Å². The minimum absolute atomic E-state index is 0.144. The number of anilines is 2. The summed E-state index contributed by atoms with van der Waals surface area (Å²) in [6.07, 6.45) is -3.14. The summed E-state index contributed by atoms with van der Waals surface area (Å²) >= 11 is 2.46. The molecule has 0 bridgehead atoms. The van der Waals surface area contributed by atoms with E-state index in [0.717, 1.165) is 0 Å². The Morgan fingerprint density at radius 1 is 1.32 bits per heavy atom. The summed E-state index contributed by atoms with van der Waals surface area (Å²) in [7, 11) is 0. The third kappa shape index (κ3) is 7.01. The lowest BCUT2D eigenvalue weighted by atomic mass is 10.3. The minimum atomic E-state index is -4.72. The number of ether oxygens (including phenoxy) is 1. The standard InChI is InChI=1S/C14H13F3N4O2S2/c1-2-7-18-11(22)8-24-13-21-20-12(25-13)19-9-3-5-10(6-4-9)23-14(15,16)17/h2-6H,1,7-8H2,(H,18,22)(H,19,20). The van der Waals surface area contributed by atoms with Crippen molar-refractivity contribution in [3.8, 4) is 5.75 Å². The number of halogens is 3. The number of benzene rings is 1. The summed E-state index contributed by atoms with van der Waals surface area (Å²) in [5.74, 6) is -0.252. The van der Waals surface area contributed by atoms with Crippen LogP contribution in [0, 0.1) is 0 Å². The highest BCUT2D eigenvalue weighted by atomic mass is 32.2. The van der Waals surface area contributed by atoms with Gasteiger partial charge in [0.2, 0.25) is 11.0 Å². The number of hydrogen-bond acceptors (Lipinski definition) is 7. The van der Waals surface area contributed by atoms with Gasteiger partial charge in [0.1, 0.15) is 5.75 Å². The van der Waals surface area contributed by atoms with E-state index in [2.05, 4.69) is 32.1 Å². The van der Waals surface area contributed by atoms with Crippen LogP contribution in [0.15, 0.2) is 41.3 Å². The molecule has 11 heteroatoms. The van der Waals surface area contributed by atoms with Crippen molar-refractivity contribution in [2.75, 3.05) is 17.6 Å². The Morgan fingerprint density at radius 3 is 2.68 bits per heavy atom. The number of alkyl halides is 3. The van der Waals surface area contributed by atoms with E-state index in [4.69, 9.17) is 0 Å². The van der Waals surface area contributed by atoms with E-state index in [9.17, 15) is 18.0 Å². The first kappa shape index (κ1) is 19.1. The van der Waals surface area contributed by atoms with Crippen molar-refractivity contribution in [2.24, 2.45) is 0 Å². The first-order valence-corrected chi connectivity index (χ1v) is 8.62. The van der Waals surface area contributed by atoms with Crippen LogP contribution in [0.4, 0.5) is 24.0 Å². The number of amides is 1. The number of nitrogens with zero attached hydrogens (tertiary/aromatic N) is 2. The average molecular weight is 390 g/mol. The Hall–Kier alpha value is -2.27. The molecule has 1 heterocycles. The van der Waals surface area contributed by atoms with Crippen LogP contribution < -0.4 is 15.4 Å². The van der Waals surface area contributed by atoms with Gasteiger partial charge in [-0.25, -0.2) is 0 Å². The van der Waals surface area contributed by atoms with Crippen molar-refractivity contribution in [2.45, 2.75) is 10.7 Å². The lowest BCUT2D eigenvalue weighted by Gasteiger charge is -2.09. The monoisotopic (exact) mass is 390 g/mol. The smallest absolute Gasteiger partial charge is 0.406 e. The molecule has 6 nitrogen and oxygen atoms in total. The number of thioether (sulfide) groups is 1. The molecule has 134 valence electrons. The molecule has 1 aromatic heterocycles. The summed E-state index contributed by atoms with van der Waals surface area (Å²) in [5, 5.41) is 13.9. The lowest BCUT2D eigenvalue weighted by Crippen LogP contribution is -2.24. The molecule has 0 radical (unpaired) electrons. The van der Waals surface area contributed by atoms with Gasteiger partial charge in [0.05, 0.1) is 5.75 Å². The van der Waals surface area contributed by atoms with Gasteiger partial charge in [-0.15, -0.1) is 29.9 Å². The zero-order valence-corrected chi connectivity index (χ0v) is 14.3. The lowest BCUT2D eigenvalue weighted by molar-refractivity contribution is -0.274. The normalized spacial score (nSPS) is 11.0. The molecule has 1 aromatic carbocycles. The molecule has 2 N–H and O–H groups in total. The number of aromatic nitrogens is 2. The molecule has 0 aliphatic rings. The fourth-order valence-corrected chi connectivity index (χ4v) is 3.15. The largest absolute Gasteiger partial charge is 0.573 e. The number of hydrogen-bond donors (Lipinski definition) is 2. The van der Waals surface area contributed by atoms with E-state index in [0.29, 0.717) is 21.7 Å². The molecular weight excluding hydrogens is 377 g/mol. The van der Waals surface area contributed by atoms with E-state index in [1.165, 1.54) is 47.4 Å². The number of carbonyl (C=O) groups excluding carboxylic acids is 1. The molecule has 0 unspecified atom stereocenters. The predicted octanol–water partition coefficient (Wildman–Crippen LogP) is 3.57. The predicted molar refractivity (Wildman–Crippen MR) is 90.2 cm³/mol. The third-order valence-corrected chi connectivity index (χ3v) is 4.49. The maximum atomic E-state index is 12.1. The van der Waals surface area contributed by atoms with Crippen LogP contribution >= 0.6 is 23.1 Å². The van der Waals surface area contributed by atoms with E-state index in [-0.39, 0.29) is 17.4 Å². The average Bonchev–Trinajstić information content (AvgIpc) is 2.99. The molecule has 0 aliphatic carbocycles. The summed E-state index contributed by atoms with van der Waals surface area (Å²) in [6, 6.07) is 5.24. The second kappa shape index (κ2) is 8.72. The molecular formula is C14H13F3N4O2S2. The van der Waals surface area contributed by atoms with Crippen LogP contribution in [0.25, 0.3) is 0 Å².